The van der Waals surface area contributed by atoms with Gasteiger partial charge in [0.2, 0.25) is 11.7 Å². The van der Waals surface area contributed by atoms with Gasteiger partial charge < -0.3 is 29.6 Å². The molecule has 4 rings (SSSR count). The fourth-order valence-electron chi connectivity index (χ4n) is 3.40. The number of pyridine rings is 1. The van der Waals surface area contributed by atoms with Crippen molar-refractivity contribution in [1.82, 2.24) is 9.97 Å². The van der Waals surface area contributed by atoms with Crippen LogP contribution in [0.15, 0.2) is 59.9 Å². The average molecular weight is 449 g/mol. The van der Waals surface area contributed by atoms with Crippen LogP contribution in [-0.2, 0) is 19.1 Å². The first-order chi connectivity index (χ1) is 16.0. The molecule has 0 aliphatic carbocycles. The number of aromatic amines is 1. The van der Waals surface area contributed by atoms with Gasteiger partial charge in [0.15, 0.2) is 11.3 Å². The number of hydrogen-bond acceptors (Lipinski definition) is 8. The van der Waals surface area contributed by atoms with Crippen molar-refractivity contribution in [1.29, 1.82) is 0 Å². The van der Waals surface area contributed by atoms with Crippen LogP contribution in [0, 0.1) is 6.92 Å². The van der Waals surface area contributed by atoms with Gasteiger partial charge in [-0.3, -0.25) is 4.79 Å². The molecule has 1 aliphatic heterocycles. The van der Waals surface area contributed by atoms with Crippen LogP contribution in [0.3, 0.4) is 0 Å². The molecule has 2 aromatic heterocycles. The number of fused-ring (bicyclic) bond motifs is 1. The summed E-state index contributed by atoms with van der Waals surface area (Å²) in [5.41, 5.74) is 2.57. The first-order valence-electron chi connectivity index (χ1n) is 10.4. The lowest BCUT2D eigenvalue weighted by Crippen LogP contribution is -2.16. The van der Waals surface area contributed by atoms with Gasteiger partial charge in [0.05, 0.1) is 13.2 Å². The molecule has 3 heterocycles. The Morgan fingerprint density at radius 2 is 2.18 bits per heavy atom. The van der Waals surface area contributed by atoms with Crippen LogP contribution in [0.25, 0.3) is 17.1 Å². The molecule has 9 nitrogen and oxygen atoms in total. The van der Waals surface area contributed by atoms with Gasteiger partial charge in [0, 0.05) is 29.0 Å². The number of Topliss-reactive ketones (excluding diaryl/α,β-unsaturated/α-hetero) is 1. The summed E-state index contributed by atoms with van der Waals surface area (Å²) in [7, 11) is 0. The van der Waals surface area contributed by atoms with E-state index in [4.69, 9.17) is 19.3 Å². The van der Waals surface area contributed by atoms with Crippen LogP contribution in [0.2, 0.25) is 0 Å². The SMILES string of the molecule is CCOC(=O)C1=C(Nc2ccc(OCCO)cc2C)OC(=Cc2c[nH]c3ncccc23)C1=O. The quantitative estimate of drug-likeness (QED) is 0.272. The van der Waals surface area contributed by atoms with E-state index < -0.39 is 11.8 Å². The molecule has 0 spiro atoms. The van der Waals surface area contributed by atoms with Crippen LogP contribution in [0.1, 0.15) is 18.1 Å². The third-order valence-electron chi connectivity index (χ3n) is 4.95. The molecule has 33 heavy (non-hydrogen) atoms. The zero-order chi connectivity index (χ0) is 23.4. The molecular formula is C24H23N3O6. The first kappa shape index (κ1) is 22.1. The topological polar surface area (TPSA) is 123 Å². The number of carbonyl (C=O) groups excluding carboxylic acids is 2. The van der Waals surface area contributed by atoms with E-state index in [1.54, 1.807) is 49.7 Å². The van der Waals surface area contributed by atoms with Crippen LogP contribution in [0.5, 0.6) is 5.75 Å². The number of esters is 1. The number of carbonyl (C=O) groups is 2. The minimum absolute atomic E-state index is 0.00482. The molecular weight excluding hydrogens is 426 g/mol. The van der Waals surface area contributed by atoms with Gasteiger partial charge in [-0.1, -0.05) is 0 Å². The first-order valence-corrected chi connectivity index (χ1v) is 10.4. The van der Waals surface area contributed by atoms with E-state index in [0.717, 1.165) is 10.9 Å². The van der Waals surface area contributed by atoms with Crippen molar-refractivity contribution in [2.75, 3.05) is 25.1 Å². The molecule has 3 N–H and O–H groups in total. The molecule has 170 valence electrons. The molecule has 3 aromatic rings. The molecule has 0 saturated heterocycles. The van der Waals surface area contributed by atoms with E-state index in [1.165, 1.54) is 0 Å². The monoisotopic (exact) mass is 449 g/mol. The van der Waals surface area contributed by atoms with Gasteiger partial charge in [-0.2, -0.15) is 0 Å². The molecule has 0 atom stereocenters. The zero-order valence-electron chi connectivity index (χ0n) is 18.2. The fourth-order valence-corrected chi connectivity index (χ4v) is 3.40. The zero-order valence-corrected chi connectivity index (χ0v) is 18.2. The highest BCUT2D eigenvalue weighted by Gasteiger charge is 2.37. The van der Waals surface area contributed by atoms with Gasteiger partial charge in [-0.05, 0) is 55.8 Å². The lowest BCUT2D eigenvalue weighted by atomic mass is 10.1. The normalized spacial score (nSPS) is 14.6. The number of nitrogens with zero attached hydrogens (tertiary/aromatic N) is 1. The summed E-state index contributed by atoms with van der Waals surface area (Å²) in [5, 5.41) is 12.8. The third kappa shape index (κ3) is 4.58. The molecule has 0 fully saturated rings. The number of nitrogens with one attached hydrogen (secondary N) is 2. The number of anilines is 1. The Kier molecular flexibility index (Phi) is 6.41. The highest BCUT2D eigenvalue weighted by molar-refractivity contribution is 6.26. The Morgan fingerprint density at radius 3 is 2.94 bits per heavy atom. The van der Waals surface area contributed by atoms with Crippen molar-refractivity contribution in [3.8, 4) is 5.75 Å². The molecule has 1 aromatic carbocycles. The summed E-state index contributed by atoms with van der Waals surface area (Å²) < 4.78 is 16.3. The van der Waals surface area contributed by atoms with Crippen molar-refractivity contribution in [3.63, 3.8) is 0 Å². The Hall–Kier alpha value is -4.11. The summed E-state index contributed by atoms with van der Waals surface area (Å²) in [6, 6.07) is 8.88. The van der Waals surface area contributed by atoms with E-state index in [-0.39, 0.29) is 37.0 Å². The second kappa shape index (κ2) is 9.58. The summed E-state index contributed by atoms with van der Waals surface area (Å²) in [5.74, 6) is -0.770. The maximum absolute atomic E-state index is 13.1. The predicted molar refractivity (Wildman–Crippen MR) is 121 cm³/mol. The van der Waals surface area contributed by atoms with Crippen LogP contribution < -0.4 is 10.1 Å². The van der Waals surface area contributed by atoms with Gasteiger partial charge in [-0.15, -0.1) is 0 Å². The number of rotatable bonds is 8. The van der Waals surface area contributed by atoms with E-state index >= 15 is 0 Å². The number of aryl methyl sites for hydroxylation is 1. The van der Waals surface area contributed by atoms with E-state index in [9.17, 15) is 9.59 Å². The number of ether oxygens (including phenoxy) is 3. The van der Waals surface area contributed by atoms with E-state index in [0.29, 0.717) is 22.6 Å². The second-order valence-corrected chi connectivity index (χ2v) is 7.18. The van der Waals surface area contributed by atoms with Gasteiger partial charge >= 0.3 is 5.97 Å². The molecule has 1 aliphatic rings. The number of allylic oxidation sites excluding steroid dienone is 1. The molecule has 0 radical (unpaired) electrons. The lowest BCUT2D eigenvalue weighted by molar-refractivity contribution is -0.139. The fraction of sp³-hybridized carbons (Fsp3) is 0.208. The van der Waals surface area contributed by atoms with E-state index in [2.05, 4.69) is 15.3 Å². The Labute approximate surface area is 189 Å². The number of aliphatic hydroxyl groups is 1. The molecule has 0 bridgehead atoms. The minimum Gasteiger partial charge on any atom is -0.491 e. The average Bonchev–Trinajstić information content (AvgIpc) is 3.35. The van der Waals surface area contributed by atoms with Gasteiger partial charge in [-0.25, -0.2) is 9.78 Å². The Balaban J connectivity index is 1.66. The standard InChI is InChI=1S/C24H23N3O6/c1-3-31-24(30)20-21(29)19(12-15-13-26-22-17(15)5-4-8-25-22)33-23(20)27-18-7-6-16(11-14(18)2)32-10-9-28/h4-8,11-13,27-28H,3,9-10H2,1-2H3,(H,25,26). The van der Waals surface area contributed by atoms with Crippen LogP contribution in [0.4, 0.5) is 5.69 Å². The number of aliphatic hydroxyl groups excluding tert-OH is 1. The van der Waals surface area contributed by atoms with Gasteiger partial charge in [0.1, 0.15) is 18.0 Å². The largest absolute Gasteiger partial charge is 0.491 e. The van der Waals surface area contributed by atoms with Crippen molar-refractivity contribution < 1.29 is 28.9 Å². The molecule has 0 saturated carbocycles. The number of benzene rings is 1. The van der Waals surface area contributed by atoms with E-state index in [1.807, 2.05) is 13.0 Å². The molecule has 0 unspecified atom stereocenters. The Morgan fingerprint density at radius 1 is 1.33 bits per heavy atom. The van der Waals surface area contributed by atoms with Crippen LogP contribution >= 0.6 is 0 Å². The number of ketones is 1. The van der Waals surface area contributed by atoms with Crippen LogP contribution in [-0.4, -0.2) is 46.6 Å². The van der Waals surface area contributed by atoms with Gasteiger partial charge in [0.25, 0.3) is 0 Å². The summed E-state index contributed by atoms with van der Waals surface area (Å²) >= 11 is 0. The maximum Gasteiger partial charge on any atom is 0.347 e. The highest BCUT2D eigenvalue weighted by Crippen LogP contribution is 2.31. The number of aromatic nitrogens is 2. The second-order valence-electron chi connectivity index (χ2n) is 7.18. The molecule has 0 amide bonds. The minimum atomic E-state index is -0.769. The Bertz CT molecular complexity index is 1270. The number of hydrogen-bond donors (Lipinski definition) is 3. The smallest absolute Gasteiger partial charge is 0.347 e. The summed E-state index contributed by atoms with van der Waals surface area (Å²) in [6.07, 6.45) is 4.94. The summed E-state index contributed by atoms with van der Waals surface area (Å²) in [4.78, 5) is 32.9. The van der Waals surface area contributed by atoms with Crippen molar-refractivity contribution in [2.45, 2.75) is 13.8 Å². The van der Waals surface area contributed by atoms with Crippen molar-refractivity contribution in [3.05, 3.63) is 71.1 Å². The maximum atomic E-state index is 13.1. The highest BCUT2D eigenvalue weighted by atomic mass is 16.5. The summed E-state index contributed by atoms with van der Waals surface area (Å²) in [6.45, 7) is 3.71. The van der Waals surface area contributed by atoms with Crippen molar-refractivity contribution >= 4 is 34.5 Å². The predicted octanol–water partition coefficient (Wildman–Crippen LogP) is 3.07. The molecule has 9 heteroatoms. The lowest BCUT2D eigenvalue weighted by Gasteiger charge is -2.13. The third-order valence-corrected chi connectivity index (χ3v) is 4.95. The van der Waals surface area contributed by atoms with Crippen molar-refractivity contribution in [2.24, 2.45) is 0 Å². The number of H-pyrrole nitrogens is 1.